The van der Waals surface area contributed by atoms with Crippen LogP contribution in [0.3, 0.4) is 0 Å². The van der Waals surface area contributed by atoms with E-state index in [1.807, 2.05) is 38.1 Å². The number of fused-ring (bicyclic) bond motifs is 1. The van der Waals surface area contributed by atoms with Crippen molar-refractivity contribution in [3.8, 4) is 11.6 Å². The molecule has 1 saturated heterocycles. The minimum atomic E-state index is -4.63. The van der Waals surface area contributed by atoms with Gasteiger partial charge >= 0.3 is 12.2 Å². The predicted molar refractivity (Wildman–Crippen MR) is 130 cm³/mol. The van der Waals surface area contributed by atoms with Gasteiger partial charge in [0.1, 0.15) is 18.6 Å². The highest BCUT2D eigenvalue weighted by Gasteiger charge is 2.40. The number of hydrogen-bond acceptors (Lipinski definition) is 6. The zero-order valence-electron chi connectivity index (χ0n) is 19.7. The molecule has 0 aliphatic carbocycles. The molecule has 0 unspecified atom stereocenters. The number of benzene rings is 2. The first-order valence-electron chi connectivity index (χ1n) is 11.3. The number of carbonyl (C=O) groups excluding carboxylic acids is 2. The van der Waals surface area contributed by atoms with Gasteiger partial charge in [0.2, 0.25) is 5.88 Å². The van der Waals surface area contributed by atoms with Crippen molar-refractivity contribution in [2.75, 3.05) is 16.3 Å². The second-order valence-electron chi connectivity index (χ2n) is 8.70. The van der Waals surface area contributed by atoms with Gasteiger partial charge in [-0.05, 0) is 47.9 Å². The van der Waals surface area contributed by atoms with Crippen molar-refractivity contribution in [2.24, 2.45) is 0 Å². The highest BCUT2D eigenvalue weighted by molar-refractivity contribution is 6.27. The molecule has 1 aliphatic rings. The summed E-state index contributed by atoms with van der Waals surface area (Å²) in [5, 5.41) is 0.721. The molecule has 0 atom stereocenters. The second-order valence-corrected chi connectivity index (χ2v) is 8.70. The number of alkyl halides is 3. The van der Waals surface area contributed by atoms with Gasteiger partial charge in [0.15, 0.2) is 0 Å². The average Bonchev–Trinajstić information content (AvgIpc) is 3.17. The highest BCUT2D eigenvalue weighted by Crippen LogP contribution is 2.37. The maximum absolute atomic E-state index is 13.2. The van der Waals surface area contributed by atoms with Crippen LogP contribution in [-0.4, -0.2) is 33.4 Å². The SMILES string of the molecule is CC(C)c1cc(N2C(=O)CN(c3cncc(C(F)(F)F)c3)C2=O)ccc1Oc1ncnc2ccccc12. The molecule has 3 amide bonds. The minimum Gasteiger partial charge on any atom is -0.438 e. The number of aromatic nitrogens is 3. The summed E-state index contributed by atoms with van der Waals surface area (Å²) < 4.78 is 45.5. The Balaban J connectivity index is 1.47. The van der Waals surface area contributed by atoms with Crippen LogP contribution < -0.4 is 14.5 Å². The van der Waals surface area contributed by atoms with E-state index < -0.39 is 30.2 Å². The van der Waals surface area contributed by atoms with Gasteiger partial charge in [0, 0.05) is 6.20 Å². The number of rotatable bonds is 5. The zero-order chi connectivity index (χ0) is 26.3. The Morgan fingerprint density at radius 3 is 2.51 bits per heavy atom. The fourth-order valence-corrected chi connectivity index (χ4v) is 4.07. The first kappa shape index (κ1) is 24.2. The van der Waals surface area contributed by atoms with Gasteiger partial charge in [-0.3, -0.25) is 14.7 Å². The van der Waals surface area contributed by atoms with Crippen molar-refractivity contribution in [1.29, 1.82) is 0 Å². The Bertz CT molecular complexity index is 1520. The largest absolute Gasteiger partial charge is 0.438 e. The number of carbonyl (C=O) groups is 2. The normalized spacial score (nSPS) is 14.2. The molecule has 3 heterocycles. The van der Waals surface area contributed by atoms with Crippen molar-refractivity contribution in [3.05, 3.63) is 78.4 Å². The number of imide groups is 1. The summed E-state index contributed by atoms with van der Waals surface area (Å²) in [5.74, 6) is 0.213. The molecule has 1 fully saturated rings. The van der Waals surface area contributed by atoms with Gasteiger partial charge in [-0.15, -0.1) is 0 Å². The van der Waals surface area contributed by atoms with E-state index in [1.165, 1.54) is 6.33 Å². The third-order valence-corrected chi connectivity index (χ3v) is 5.91. The molecule has 2 aromatic heterocycles. The van der Waals surface area contributed by atoms with Crippen LogP contribution in [0.25, 0.3) is 10.9 Å². The summed E-state index contributed by atoms with van der Waals surface area (Å²) in [6.07, 6.45) is -1.45. The van der Waals surface area contributed by atoms with E-state index in [9.17, 15) is 22.8 Å². The van der Waals surface area contributed by atoms with Gasteiger partial charge in [-0.25, -0.2) is 19.7 Å². The third kappa shape index (κ3) is 4.55. The lowest BCUT2D eigenvalue weighted by Crippen LogP contribution is -2.33. The molecule has 0 bridgehead atoms. The molecule has 0 N–H and O–H groups in total. The Morgan fingerprint density at radius 1 is 0.973 bits per heavy atom. The molecule has 5 rings (SSSR count). The monoisotopic (exact) mass is 507 g/mol. The fraction of sp³-hybridized carbons (Fsp3) is 0.192. The number of hydrogen-bond donors (Lipinski definition) is 0. The molecule has 37 heavy (non-hydrogen) atoms. The number of ether oxygens (including phenoxy) is 1. The van der Waals surface area contributed by atoms with Crippen molar-refractivity contribution < 1.29 is 27.5 Å². The molecular weight excluding hydrogens is 487 g/mol. The molecule has 11 heteroatoms. The van der Waals surface area contributed by atoms with Gasteiger partial charge < -0.3 is 4.74 Å². The van der Waals surface area contributed by atoms with Crippen molar-refractivity contribution in [3.63, 3.8) is 0 Å². The number of anilines is 2. The third-order valence-electron chi connectivity index (χ3n) is 5.91. The Kier molecular flexibility index (Phi) is 5.98. The molecule has 8 nitrogen and oxygen atoms in total. The van der Waals surface area contributed by atoms with Crippen LogP contribution >= 0.6 is 0 Å². The van der Waals surface area contributed by atoms with E-state index in [-0.39, 0.29) is 17.3 Å². The topological polar surface area (TPSA) is 88.5 Å². The minimum absolute atomic E-state index is 0.0559. The van der Waals surface area contributed by atoms with E-state index in [4.69, 9.17) is 4.74 Å². The van der Waals surface area contributed by atoms with Crippen molar-refractivity contribution in [2.45, 2.75) is 25.9 Å². The molecule has 4 aromatic rings. The van der Waals surface area contributed by atoms with Gasteiger partial charge in [0.05, 0.1) is 34.0 Å². The standard InChI is InChI=1S/C26H20F3N5O3/c1-15(2)20-10-17(7-8-22(20)37-24-19-5-3-4-6-21(19)31-14-32-24)34-23(35)13-33(25(34)36)18-9-16(11-30-12-18)26(27,28)29/h3-12,14-15H,13H2,1-2H3. The Labute approximate surface area is 209 Å². The Morgan fingerprint density at radius 2 is 1.76 bits per heavy atom. The maximum Gasteiger partial charge on any atom is 0.417 e. The number of amides is 3. The van der Waals surface area contributed by atoms with E-state index in [0.717, 1.165) is 27.4 Å². The smallest absolute Gasteiger partial charge is 0.417 e. The van der Waals surface area contributed by atoms with Crippen LogP contribution in [0.5, 0.6) is 11.6 Å². The molecule has 2 aromatic carbocycles. The lowest BCUT2D eigenvalue weighted by molar-refractivity contribution is -0.137. The van der Waals surface area contributed by atoms with E-state index in [1.54, 1.807) is 18.2 Å². The number of urea groups is 1. The van der Waals surface area contributed by atoms with Crippen molar-refractivity contribution >= 4 is 34.2 Å². The average molecular weight is 507 g/mol. The van der Waals surface area contributed by atoms with Gasteiger partial charge in [-0.2, -0.15) is 13.2 Å². The van der Waals surface area contributed by atoms with Crippen molar-refractivity contribution in [1.82, 2.24) is 15.0 Å². The van der Waals surface area contributed by atoms with Crippen LogP contribution in [0.1, 0.15) is 30.9 Å². The van der Waals surface area contributed by atoms with Crippen LogP contribution in [0, 0.1) is 0 Å². The van der Waals surface area contributed by atoms with E-state index >= 15 is 0 Å². The van der Waals surface area contributed by atoms with Gasteiger partial charge in [-0.1, -0.05) is 26.0 Å². The van der Waals surface area contributed by atoms with Crippen LogP contribution in [0.15, 0.2) is 67.3 Å². The molecular formula is C26H20F3N5O3. The fourth-order valence-electron chi connectivity index (χ4n) is 4.07. The summed E-state index contributed by atoms with van der Waals surface area (Å²) >= 11 is 0. The predicted octanol–water partition coefficient (Wildman–Crippen LogP) is 5.93. The summed E-state index contributed by atoms with van der Waals surface area (Å²) in [5.41, 5.74) is 0.577. The maximum atomic E-state index is 13.2. The summed E-state index contributed by atoms with van der Waals surface area (Å²) in [6.45, 7) is 3.45. The zero-order valence-corrected chi connectivity index (χ0v) is 19.7. The number of nitrogens with zero attached hydrogens (tertiary/aromatic N) is 5. The summed E-state index contributed by atoms with van der Waals surface area (Å²) in [6, 6.07) is 12.3. The lowest BCUT2D eigenvalue weighted by atomic mass is 10.0. The second kappa shape index (κ2) is 9.16. The van der Waals surface area contributed by atoms with Crippen LogP contribution in [0.2, 0.25) is 0 Å². The first-order valence-corrected chi connectivity index (χ1v) is 11.3. The first-order chi connectivity index (χ1) is 17.6. The summed E-state index contributed by atoms with van der Waals surface area (Å²) in [4.78, 5) is 40.0. The van der Waals surface area contributed by atoms with Gasteiger partial charge in [0.25, 0.3) is 5.91 Å². The number of para-hydroxylation sites is 1. The molecule has 0 spiro atoms. The molecule has 0 saturated carbocycles. The Hall–Kier alpha value is -4.54. The van der Waals surface area contributed by atoms with E-state index in [0.29, 0.717) is 28.9 Å². The molecule has 188 valence electrons. The number of halogens is 3. The van der Waals surface area contributed by atoms with Crippen LogP contribution in [-0.2, 0) is 11.0 Å². The summed E-state index contributed by atoms with van der Waals surface area (Å²) in [7, 11) is 0. The highest BCUT2D eigenvalue weighted by atomic mass is 19.4. The number of pyridine rings is 1. The quantitative estimate of drug-likeness (QED) is 0.311. The van der Waals surface area contributed by atoms with E-state index in [2.05, 4.69) is 15.0 Å². The van der Waals surface area contributed by atoms with Crippen LogP contribution in [0.4, 0.5) is 29.3 Å². The molecule has 1 aliphatic heterocycles. The molecule has 0 radical (unpaired) electrons. The lowest BCUT2D eigenvalue weighted by Gasteiger charge is -2.20.